The van der Waals surface area contributed by atoms with E-state index in [1.54, 1.807) is 0 Å². The SMILES string of the molecule is O=[N+]([O-])c1nccn1O[C@@H]1O[C@H](CO)[C@@H](O)[C@H]1O. The highest BCUT2D eigenvalue weighted by molar-refractivity contribution is 5.04. The minimum Gasteiger partial charge on any atom is -0.394 e. The molecule has 1 aromatic heterocycles. The normalized spacial score (nSPS) is 31.5. The average molecular weight is 261 g/mol. The number of ether oxygens (including phenoxy) is 1. The van der Waals surface area contributed by atoms with Crippen LogP contribution in [0, 0.1) is 10.1 Å². The molecule has 0 bridgehead atoms. The fraction of sp³-hybridized carbons (Fsp3) is 0.625. The van der Waals surface area contributed by atoms with Crippen molar-refractivity contribution in [2.24, 2.45) is 0 Å². The fourth-order valence-corrected chi connectivity index (χ4v) is 1.56. The number of nitrogens with zero attached hydrogens (tertiary/aromatic N) is 3. The summed E-state index contributed by atoms with van der Waals surface area (Å²) in [5.74, 6) is -0.590. The third-order valence-electron chi connectivity index (χ3n) is 2.47. The maximum Gasteiger partial charge on any atom is 0.471 e. The van der Waals surface area contributed by atoms with Crippen molar-refractivity contribution in [2.45, 2.75) is 24.6 Å². The largest absolute Gasteiger partial charge is 0.471 e. The van der Waals surface area contributed by atoms with Gasteiger partial charge in [-0.1, -0.05) is 4.98 Å². The Morgan fingerprint density at radius 3 is 2.83 bits per heavy atom. The molecule has 0 unspecified atom stereocenters. The van der Waals surface area contributed by atoms with Gasteiger partial charge in [0.05, 0.1) is 6.61 Å². The Hall–Kier alpha value is -1.75. The Morgan fingerprint density at radius 2 is 2.28 bits per heavy atom. The number of nitro groups is 1. The van der Waals surface area contributed by atoms with Crippen LogP contribution in [0.25, 0.3) is 0 Å². The van der Waals surface area contributed by atoms with Crippen LogP contribution in [0.3, 0.4) is 0 Å². The van der Waals surface area contributed by atoms with Crippen molar-refractivity contribution < 1.29 is 29.8 Å². The summed E-state index contributed by atoms with van der Waals surface area (Å²) in [4.78, 5) is 18.2. The van der Waals surface area contributed by atoms with E-state index in [9.17, 15) is 20.3 Å². The van der Waals surface area contributed by atoms with Gasteiger partial charge < -0.3 is 35.0 Å². The molecule has 0 aromatic carbocycles. The predicted octanol–water partition coefficient (Wildman–Crippen LogP) is -2.34. The van der Waals surface area contributed by atoms with E-state index >= 15 is 0 Å². The molecule has 100 valence electrons. The molecular weight excluding hydrogens is 250 g/mol. The van der Waals surface area contributed by atoms with E-state index in [-0.39, 0.29) is 0 Å². The van der Waals surface area contributed by atoms with Gasteiger partial charge in [-0.3, -0.25) is 0 Å². The van der Waals surface area contributed by atoms with Crippen LogP contribution in [0.5, 0.6) is 0 Å². The first-order valence-corrected chi connectivity index (χ1v) is 5.02. The van der Waals surface area contributed by atoms with Gasteiger partial charge in [0.25, 0.3) is 6.29 Å². The molecule has 1 aromatic rings. The van der Waals surface area contributed by atoms with Gasteiger partial charge in [-0.15, -0.1) is 0 Å². The van der Waals surface area contributed by atoms with E-state index in [0.717, 1.165) is 12.4 Å². The lowest BCUT2D eigenvalue weighted by molar-refractivity contribution is -0.404. The van der Waals surface area contributed by atoms with Crippen LogP contribution in [0.15, 0.2) is 12.4 Å². The minimum absolute atomic E-state index is 0.510. The van der Waals surface area contributed by atoms with Crippen molar-refractivity contribution >= 4 is 5.95 Å². The van der Waals surface area contributed by atoms with Crippen molar-refractivity contribution in [1.29, 1.82) is 0 Å². The molecule has 10 heteroatoms. The Balaban J connectivity index is 2.10. The summed E-state index contributed by atoms with van der Waals surface area (Å²) < 4.78 is 5.71. The Kier molecular flexibility index (Phi) is 3.43. The van der Waals surface area contributed by atoms with Crippen LogP contribution in [0.2, 0.25) is 0 Å². The van der Waals surface area contributed by atoms with Crippen LogP contribution in [0.1, 0.15) is 0 Å². The Morgan fingerprint density at radius 1 is 1.56 bits per heavy atom. The summed E-state index contributed by atoms with van der Waals surface area (Å²) in [7, 11) is 0. The zero-order chi connectivity index (χ0) is 13.3. The lowest BCUT2D eigenvalue weighted by Gasteiger charge is -2.13. The average Bonchev–Trinajstić information content (AvgIpc) is 2.89. The molecule has 3 N–H and O–H groups in total. The highest BCUT2D eigenvalue weighted by Crippen LogP contribution is 2.21. The molecule has 1 fully saturated rings. The molecule has 2 rings (SSSR count). The van der Waals surface area contributed by atoms with Gasteiger partial charge in [-0.05, 0) is 9.65 Å². The Labute approximate surface area is 100 Å². The summed E-state index contributed by atoms with van der Waals surface area (Å²) in [5, 5.41) is 38.5. The number of hydrogen-bond acceptors (Lipinski definition) is 8. The molecule has 1 aliphatic rings. The smallest absolute Gasteiger partial charge is 0.394 e. The molecular formula is C8H11N3O7. The second-order valence-electron chi connectivity index (χ2n) is 3.62. The number of aliphatic hydroxyl groups is 3. The second kappa shape index (κ2) is 4.86. The van der Waals surface area contributed by atoms with Gasteiger partial charge in [0.1, 0.15) is 30.7 Å². The zero-order valence-electron chi connectivity index (χ0n) is 8.99. The maximum atomic E-state index is 10.6. The number of aliphatic hydroxyl groups excluding tert-OH is 3. The minimum atomic E-state index is -1.43. The zero-order valence-corrected chi connectivity index (χ0v) is 8.99. The summed E-state index contributed by atoms with van der Waals surface area (Å²) in [5.41, 5.74) is 0. The summed E-state index contributed by atoms with van der Waals surface area (Å²) in [6, 6.07) is 0. The van der Waals surface area contributed by atoms with Crippen molar-refractivity contribution in [3.05, 3.63) is 22.5 Å². The molecule has 0 amide bonds. The first-order valence-electron chi connectivity index (χ1n) is 5.02. The first-order chi connectivity index (χ1) is 8.54. The van der Waals surface area contributed by atoms with E-state index in [1.165, 1.54) is 0 Å². The van der Waals surface area contributed by atoms with Gasteiger partial charge in [0.2, 0.25) is 0 Å². The van der Waals surface area contributed by atoms with Crippen molar-refractivity contribution in [2.75, 3.05) is 6.61 Å². The van der Waals surface area contributed by atoms with E-state index in [1.807, 2.05) is 0 Å². The molecule has 1 aliphatic heterocycles. The third kappa shape index (κ3) is 2.13. The molecule has 4 atom stereocenters. The topological polar surface area (TPSA) is 140 Å². The van der Waals surface area contributed by atoms with Crippen molar-refractivity contribution in [3.8, 4) is 0 Å². The monoisotopic (exact) mass is 261 g/mol. The molecule has 0 radical (unpaired) electrons. The number of hydrogen-bond donors (Lipinski definition) is 3. The molecule has 0 aliphatic carbocycles. The molecule has 0 saturated carbocycles. The lowest BCUT2D eigenvalue weighted by atomic mass is 10.1. The molecule has 18 heavy (non-hydrogen) atoms. The van der Waals surface area contributed by atoms with Crippen LogP contribution < -0.4 is 4.84 Å². The maximum absolute atomic E-state index is 10.6. The van der Waals surface area contributed by atoms with E-state index < -0.39 is 42.1 Å². The third-order valence-corrected chi connectivity index (χ3v) is 2.47. The highest BCUT2D eigenvalue weighted by atomic mass is 16.8. The Bertz CT molecular complexity index is 436. The van der Waals surface area contributed by atoms with Gasteiger partial charge >= 0.3 is 5.95 Å². The highest BCUT2D eigenvalue weighted by Gasteiger charge is 2.45. The molecule has 0 spiro atoms. The van der Waals surface area contributed by atoms with Gasteiger partial charge in [-0.2, -0.15) is 0 Å². The van der Waals surface area contributed by atoms with Crippen LogP contribution in [-0.4, -0.2) is 61.2 Å². The van der Waals surface area contributed by atoms with Gasteiger partial charge in [0.15, 0.2) is 0 Å². The summed E-state index contributed by atoms with van der Waals surface area (Å²) in [6.45, 7) is -0.510. The van der Waals surface area contributed by atoms with Gasteiger partial charge in [0, 0.05) is 0 Å². The summed E-state index contributed by atoms with van der Waals surface area (Å²) in [6.07, 6.45) is -2.80. The second-order valence-corrected chi connectivity index (χ2v) is 3.62. The van der Waals surface area contributed by atoms with E-state index in [2.05, 4.69) is 4.98 Å². The fourth-order valence-electron chi connectivity index (χ4n) is 1.56. The standard InChI is InChI=1S/C8H11N3O7/c12-3-4-5(13)6(14)7(17-4)18-10-2-1-9-8(10)11(15)16/h1-2,4-7,12-14H,3H2/t4-,5-,6-,7+/m1/s1. The molecule has 1 saturated heterocycles. The predicted molar refractivity (Wildman–Crippen MR) is 53.2 cm³/mol. The summed E-state index contributed by atoms with van der Waals surface area (Å²) >= 11 is 0. The van der Waals surface area contributed by atoms with Crippen LogP contribution in [-0.2, 0) is 4.74 Å². The quantitative estimate of drug-likeness (QED) is 0.404. The van der Waals surface area contributed by atoms with Crippen molar-refractivity contribution in [3.63, 3.8) is 0 Å². The molecule has 10 nitrogen and oxygen atoms in total. The van der Waals surface area contributed by atoms with E-state index in [0.29, 0.717) is 4.73 Å². The van der Waals surface area contributed by atoms with E-state index in [4.69, 9.17) is 14.7 Å². The number of aromatic nitrogens is 2. The number of rotatable bonds is 4. The van der Waals surface area contributed by atoms with Crippen LogP contribution >= 0.6 is 0 Å². The van der Waals surface area contributed by atoms with Crippen LogP contribution in [0.4, 0.5) is 5.95 Å². The van der Waals surface area contributed by atoms with Gasteiger partial charge in [-0.25, -0.2) is 0 Å². The van der Waals surface area contributed by atoms with Crippen molar-refractivity contribution in [1.82, 2.24) is 9.71 Å². The molecule has 2 heterocycles. The lowest BCUT2D eigenvalue weighted by Crippen LogP contribution is -2.38. The first kappa shape index (κ1) is 12.7. The number of imidazole rings is 1.